The van der Waals surface area contributed by atoms with Crippen molar-refractivity contribution >= 4 is 5.91 Å². The van der Waals surface area contributed by atoms with Gasteiger partial charge in [-0.1, -0.05) is 13.8 Å². The molecule has 1 saturated heterocycles. The number of carbonyl (C=O) groups excluding carboxylic acids is 1. The first-order chi connectivity index (χ1) is 10.4. The minimum atomic E-state index is 0.244. The lowest BCUT2D eigenvalue weighted by atomic mass is 10.1. The zero-order valence-electron chi connectivity index (χ0n) is 14.6. The van der Waals surface area contributed by atoms with Gasteiger partial charge in [-0.2, -0.15) is 5.10 Å². The van der Waals surface area contributed by atoms with Gasteiger partial charge in [0.25, 0.3) is 0 Å². The fourth-order valence-electron chi connectivity index (χ4n) is 3.29. The van der Waals surface area contributed by atoms with Crippen molar-refractivity contribution in [3.63, 3.8) is 0 Å². The van der Waals surface area contributed by atoms with Crippen LogP contribution in [-0.4, -0.2) is 47.3 Å². The van der Waals surface area contributed by atoms with Gasteiger partial charge in [-0.15, -0.1) is 0 Å². The van der Waals surface area contributed by atoms with Crippen LogP contribution in [0.2, 0.25) is 0 Å². The lowest BCUT2D eigenvalue weighted by Crippen LogP contribution is -2.31. The van der Waals surface area contributed by atoms with E-state index in [0.29, 0.717) is 18.3 Å². The number of likely N-dealkylation sites (tertiary alicyclic amines) is 1. The van der Waals surface area contributed by atoms with E-state index in [-0.39, 0.29) is 5.91 Å². The predicted molar refractivity (Wildman–Crippen MR) is 88.9 cm³/mol. The molecule has 1 aliphatic rings. The molecule has 0 aliphatic carbocycles. The molecule has 22 heavy (non-hydrogen) atoms. The Morgan fingerprint density at radius 2 is 2.14 bits per heavy atom. The van der Waals surface area contributed by atoms with E-state index in [9.17, 15) is 4.79 Å². The van der Waals surface area contributed by atoms with Gasteiger partial charge in [0.2, 0.25) is 5.91 Å². The summed E-state index contributed by atoms with van der Waals surface area (Å²) < 4.78 is 2.05. The van der Waals surface area contributed by atoms with Crippen molar-refractivity contribution in [3.8, 4) is 0 Å². The second-order valence-corrected chi connectivity index (χ2v) is 6.95. The lowest BCUT2D eigenvalue weighted by molar-refractivity contribution is -0.129. The monoisotopic (exact) mass is 306 g/mol. The van der Waals surface area contributed by atoms with Crippen molar-refractivity contribution in [2.75, 3.05) is 26.7 Å². The van der Waals surface area contributed by atoms with Crippen molar-refractivity contribution in [2.24, 2.45) is 11.8 Å². The van der Waals surface area contributed by atoms with Gasteiger partial charge in [0, 0.05) is 30.9 Å². The molecule has 0 bridgehead atoms. The molecule has 0 spiro atoms. The van der Waals surface area contributed by atoms with Crippen LogP contribution in [-0.2, 0) is 17.8 Å². The van der Waals surface area contributed by atoms with Crippen molar-refractivity contribution in [2.45, 2.75) is 47.1 Å². The topological polar surface area (TPSA) is 50.2 Å². The van der Waals surface area contributed by atoms with Gasteiger partial charge in [0.15, 0.2) is 0 Å². The molecule has 2 heterocycles. The zero-order valence-corrected chi connectivity index (χ0v) is 14.6. The molecule has 0 aromatic carbocycles. The molecule has 1 fully saturated rings. The molecule has 5 nitrogen and oxygen atoms in total. The second-order valence-electron chi connectivity index (χ2n) is 6.95. The molecule has 0 radical (unpaired) electrons. The zero-order chi connectivity index (χ0) is 16.3. The maximum Gasteiger partial charge on any atom is 0.227 e. The van der Waals surface area contributed by atoms with Crippen molar-refractivity contribution in [3.05, 3.63) is 17.0 Å². The average Bonchev–Trinajstić information content (AvgIpc) is 3.00. The standard InChI is InChI=1S/C17H30N4O/c1-12(2)10-21-14(4)16(13(3)19-21)8-17(22)20-7-6-15(11-20)9-18-5/h12,15,18H,6-11H2,1-5H3/t15-/m0/s1. The summed E-state index contributed by atoms with van der Waals surface area (Å²) in [7, 11) is 1.97. The molecule has 5 heteroatoms. The van der Waals surface area contributed by atoms with Crippen molar-refractivity contribution in [1.82, 2.24) is 20.0 Å². The van der Waals surface area contributed by atoms with Crippen molar-refractivity contribution in [1.29, 1.82) is 0 Å². The maximum atomic E-state index is 12.6. The second kappa shape index (κ2) is 7.27. The summed E-state index contributed by atoms with van der Waals surface area (Å²) in [5, 5.41) is 7.82. The summed E-state index contributed by atoms with van der Waals surface area (Å²) >= 11 is 0. The first-order valence-corrected chi connectivity index (χ1v) is 8.37. The van der Waals surface area contributed by atoms with E-state index in [4.69, 9.17) is 0 Å². The summed E-state index contributed by atoms with van der Waals surface area (Å²) in [5.74, 6) is 1.40. The molecule has 1 aromatic rings. The van der Waals surface area contributed by atoms with E-state index in [1.807, 2.05) is 18.9 Å². The summed E-state index contributed by atoms with van der Waals surface area (Å²) in [6, 6.07) is 0. The molecule has 1 amide bonds. The maximum absolute atomic E-state index is 12.6. The minimum Gasteiger partial charge on any atom is -0.342 e. The number of nitrogens with one attached hydrogen (secondary N) is 1. The van der Waals surface area contributed by atoms with E-state index in [2.05, 4.69) is 35.9 Å². The van der Waals surface area contributed by atoms with Crippen LogP contribution in [0.15, 0.2) is 0 Å². The third-order valence-corrected chi connectivity index (χ3v) is 4.53. The van der Waals surface area contributed by atoms with Gasteiger partial charge < -0.3 is 10.2 Å². The van der Waals surface area contributed by atoms with Gasteiger partial charge in [0.05, 0.1) is 12.1 Å². The van der Waals surface area contributed by atoms with Gasteiger partial charge in [-0.25, -0.2) is 0 Å². The van der Waals surface area contributed by atoms with Crippen LogP contribution >= 0.6 is 0 Å². The molecule has 1 atom stereocenters. The highest BCUT2D eigenvalue weighted by atomic mass is 16.2. The minimum absolute atomic E-state index is 0.244. The Kier molecular flexibility index (Phi) is 5.62. The number of hydrogen-bond donors (Lipinski definition) is 1. The quantitative estimate of drug-likeness (QED) is 0.871. The van der Waals surface area contributed by atoms with Gasteiger partial charge in [-0.3, -0.25) is 9.48 Å². The molecule has 0 unspecified atom stereocenters. The highest BCUT2D eigenvalue weighted by Gasteiger charge is 2.27. The number of nitrogens with zero attached hydrogens (tertiary/aromatic N) is 3. The normalized spacial score (nSPS) is 18.5. The highest BCUT2D eigenvalue weighted by Crippen LogP contribution is 2.20. The lowest BCUT2D eigenvalue weighted by Gasteiger charge is -2.17. The van der Waals surface area contributed by atoms with Crippen LogP contribution in [0.3, 0.4) is 0 Å². The SMILES string of the molecule is CNC[C@@H]1CCN(C(=O)Cc2c(C)nn(CC(C)C)c2C)C1. The van der Waals surface area contributed by atoms with Crippen molar-refractivity contribution < 1.29 is 4.79 Å². The van der Waals surface area contributed by atoms with E-state index in [0.717, 1.165) is 49.6 Å². The molecular weight excluding hydrogens is 276 g/mol. The number of rotatable bonds is 6. The number of aromatic nitrogens is 2. The first-order valence-electron chi connectivity index (χ1n) is 8.37. The third kappa shape index (κ3) is 3.88. The summed E-state index contributed by atoms with van der Waals surface area (Å²) in [4.78, 5) is 14.6. The Balaban J connectivity index is 2.01. The predicted octanol–water partition coefficient (Wildman–Crippen LogP) is 1.77. The number of amides is 1. The van der Waals surface area contributed by atoms with E-state index >= 15 is 0 Å². The van der Waals surface area contributed by atoms with E-state index in [1.165, 1.54) is 0 Å². The Labute approximate surface area is 134 Å². The van der Waals surface area contributed by atoms with Crippen LogP contribution in [0.25, 0.3) is 0 Å². The molecule has 0 saturated carbocycles. The Morgan fingerprint density at radius 1 is 1.41 bits per heavy atom. The average molecular weight is 306 g/mol. The fraction of sp³-hybridized carbons (Fsp3) is 0.765. The van der Waals surface area contributed by atoms with E-state index < -0.39 is 0 Å². The van der Waals surface area contributed by atoms with Gasteiger partial charge >= 0.3 is 0 Å². The number of aryl methyl sites for hydroxylation is 1. The Bertz CT molecular complexity index is 521. The Hall–Kier alpha value is -1.36. The third-order valence-electron chi connectivity index (χ3n) is 4.53. The fourth-order valence-corrected chi connectivity index (χ4v) is 3.29. The molecule has 124 valence electrons. The Morgan fingerprint density at radius 3 is 2.77 bits per heavy atom. The molecule has 1 N–H and O–H groups in total. The van der Waals surface area contributed by atoms with Crippen LogP contribution < -0.4 is 5.32 Å². The van der Waals surface area contributed by atoms with Crippen LogP contribution in [0.1, 0.15) is 37.2 Å². The highest BCUT2D eigenvalue weighted by molar-refractivity contribution is 5.79. The summed E-state index contributed by atoms with van der Waals surface area (Å²) in [6.45, 7) is 12.2. The first kappa shape index (κ1) is 17.0. The summed E-state index contributed by atoms with van der Waals surface area (Å²) in [6.07, 6.45) is 1.60. The van der Waals surface area contributed by atoms with Crippen LogP contribution in [0.5, 0.6) is 0 Å². The summed E-state index contributed by atoms with van der Waals surface area (Å²) in [5.41, 5.74) is 3.26. The molecule has 1 aliphatic heterocycles. The molecule has 2 rings (SSSR count). The molecular formula is C17H30N4O. The van der Waals surface area contributed by atoms with Gasteiger partial charge in [0.1, 0.15) is 0 Å². The smallest absolute Gasteiger partial charge is 0.227 e. The van der Waals surface area contributed by atoms with E-state index in [1.54, 1.807) is 0 Å². The largest absolute Gasteiger partial charge is 0.342 e. The van der Waals surface area contributed by atoms with Gasteiger partial charge in [-0.05, 0) is 45.7 Å². The number of carbonyl (C=O) groups is 1. The molecule has 1 aromatic heterocycles. The number of hydrogen-bond acceptors (Lipinski definition) is 3. The van der Waals surface area contributed by atoms with Crippen LogP contribution in [0.4, 0.5) is 0 Å². The van der Waals surface area contributed by atoms with Crippen LogP contribution in [0, 0.1) is 25.7 Å².